The predicted octanol–water partition coefficient (Wildman–Crippen LogP) is 5.37. The molecule has 33 heavy (non-hydrogen) atoms. The van der Waals surface area contributed by atoms with Crippen LogP contribution >= 0.6 is 0 Å². The molecule has 0 radical (unpaired) electrons. The normalized spacial score (nSPS) is 11.6. The smallest absolute Gasteiger partial charge is 0.108 e. The van der Waals surface area contributed by atoms with Crippen LogP contribution in [0, 0.1) is 0 Å². The van der Waals surface area contributed by atoms with Gasteiger partial charge in [-0.2, -0.15) is 21.9 Å². The van der Waals surface area contributed by atoms with Crippen LogP contribution in [0.5, 0.6) is 0 Å². The van der Waals surface area contributed by atoms with Crippen molar-refractivity contribution in [1.29, 1.82) is 0 Å². The molecular formula is C32H24B-. The van der Waals surface area contributed by atoms with Crippen LogP contribution in [0.2, 0.25) is 0 Å². The first kappa shape index (κ1) is 19.6. The fourth-order valence-electron chi connectivity index (χ4n) is 5.61. The van der Waals surface area contributed by atoms with Crippen molar-refractivity contribution < 1.29 is 0 Å². The number of hydrogen-bond acceptors (Lipinski definition) is 0. The molecule has 0 aromatic heterocycles. The first-order valence-corrected chi connectivity index (χ1v) is 11.6. The van der Waals surface area contributed by atoms with Crippen LogP contribution in [0.25, 0.3) is 21.5 Å². The van der Waals surface area contributed by atoms with E-state index in [2.05, 4.69) is 146 Å². The maximum atomic E-state index is 2.41. The molecule has 0 spiro atoms. The first-order valence-electron chi connectivity index (χ1n) is 11.6. The van der Waals surface area contributed by atoms with E-state index in [4.69, 9.17) is 0 Å². The third kappa shape index (κ3) is 3.25. The highest BCUT2D eigenvalue weighted by molar-refractivity contribution is 7.20. The average Bonchev–Trinajstić information content (AvgIpc) is 2.90. The number of benzene rings is 6. The van der Waals surface area contributed by atoms with E-state index in [1.807, 2.05) is 0 Å². The van der Waals surface area contributed by atoms with E-state index < -0.39 is 6.15 Å². The van der Waals surface area contributed by atoms with Gasteiger partial charge in [-0.15, -0.1) is 0 Å². The first-order chi connectivity index (χ1) is 16.4. The van der Waals surface area contributed by atoms with E-state index in [1.54, 1.807) is 0 Å². The van der Waals surface area contributed by atoms with Gasteiger partial charge in [0.25, 0.3) is 0 Å². The Hall–Kier alpha value is -4.10. The average molecular weight is 419 g/mol. The van der Waals surface area contributed by atoms with Crippen molar-refractivity contribution in [1.82, 2.24) is 0 Å². The molecule has 0 heterocycles. The fourth-order valence-corrected chi connectivity index (χ4v) is 5.61. The van der Waals surface area contributed by atoms with Gasteiger partial charge in [-0.05, 0) is 33.7 Å². The molecule has 0 aliphatic heterocycles. The summed E-state index contributed by atoms with van der Waals surface area (Å²) in [5.41, 5.74) is 5.32. The molecule has 0 N–H and O–H groups in total. The van der Waals surface area contributed by atoms with Gasteiger partial charge in [-0.1, -0.05) is 133 Å². The second-order valence-corrected chi connectivity index (χ2v) is 8.90. The summed E-state index contributed by atoms with van der Waals surface area (Å²) in [6.07, 6.45) is -1.35. The Bertz CT molecular complexity index is 1440. The number of hydrogen-bond donors (Lipinski definition) is 0. The zero-order valence-electron chi connectivity index (χ0n) is 18.4. The lowest BCUT2D eigenvalue weighted by atomic mass is 9.13. The second kappa shape index (κ2) is 8.11. The molecule has 156 valence electrons. The van der Waals surface area contributed by atoms with Gasteiger partial charge >= 0.3 is 0 Å². The summed E-state index contributed by atoms with van der Waals surface area (Å²) >= 11 is 0. The van der Waals surface area contributed by atoms with Gasteiger partial charge in [0.15, 0.2) is 0 Å². The molecule has 1 heteroatoms. The Labute approximate surface area is 195 Å². The van der Waals surface area contributed by atoms with Gasteiger partial charge in [0.1, 0.15) is 6.15 Å². The highest BCUT2D eigenvalue weighted by atomic mass is 14.1. The van der Waals surface area contributed by atoms with Gasteiger partial charge in [0, 0.05) is 0 Å². The summed E-state index contributed by atoms with van der Waals surface area (Å²) in [4.78, 5) is 0. The van der Waals surface area contributed by atoms with Crippen molar-refractivity contribution >= 4 is 49.5 Å². The third-order valence-electron chi connectivity index (χ3n) is 7.13. The van der Waals surface area contributed by atoms with Crippen molar-refractivity contribution in [2.45, 2.75) is 0 Å². The van der Waals surface area contributed by atoms with Crippen LogP contribution in [-0.4, -0.2) is 6.15 Å². The van der Waals surface area contributed by atoms with Crippen molar-refractivity contribution in [3.05, 3.63) is 146 Å². The molecule has 0 nitrogen and oxygen atoms in total. The molecule has 0 unspecified atom stereocenters. The van der Waals surface area contributed by atoms with Gasteiger partial charge in [0.2, 0.25) is 0 Å². The minimum atomic E-state index is -1.35. The Kier molecular flexibility index (Phi) is 4.81. The van der Waals surface area contributed by atoms with Crippen molar-refractivity contribution in [3.8, 4) is 0 Å². The second-order valence-electron chi connectivity index (χ2n) is 8.90. The summed E-state index contributed by atoms with van der Waals surface area (Å²) in [5, 5.41) is 5.11. The fraction of sp³-hybridized carbons (Fsp3) is 0. The molecule has 6 aromatic rings. The van der Waals surface area contributed by atoms with E-state index in [0.717, 1.165) is 0 Å². The van der Waals surface area contributed by atoms with Crippen molar-refractivity contribution in [3.63, 3.8) is 0 Å². The maximum Gasteiger partial charge on any atom is 0.108 e. The topological polar surface area (TPSA) is 0 Å². The van der Waals surface area contributed by atoms with Gasteiger partial charge < -0.3 is 0 Å². The molecule has 0 bridgehead atoms. The third-order valence-corrected chi connectivity index (χ3v) is 7.13. The highest BCUT2D eigenvalue weighted by Gasteiger charge is 2.31. The van der Waals surface area contributed by atoms with Crippen LogP contribution in [0.15, 0.2) is 146 Å². The van der Waals surface area contributed by atoms with E-state index in [9.17, 15) is 0 Å². The van der Waals surface area contributed by atoms with Crippen molar-refractivity contribution in [2.75, 3.05) is 0 Å². The molecule has 0 amide bonds. The van der Waals surface area contributed by atoms with E-state index in [0.29, 0.717) is 0 Å². The lowest BCUT2D eigenvalue weighted by Crippen LogP contribution is -2.74. The molecule has 6 aromatic carbocycles. The van der Waals surface area contributed by atoms with Crippen LogP contribution in [-0.2, 0) is 0 Å². The maximum absolute atomic E-state index is 2.41. The Morgan fingerprint density at radius 1 is 0.273 bits per heavy atom. The van der Waals surface area contributed by atoms with E-state index >= 15 is 0 Å². The van der Waals surface area contributed by atoms with E-state index in [-0.39, 0.29) is 0 Å². The van der Waals surface area contributed by atoms with Gasteiger partial charge in [-0.25, -0.2) is 0 Å². The quantitative estimate of drug-likeness (QED) is 0.266. The lowest BCUT2D eigenvalue weighted by Gasteiger charge is -2.44. The standard InChI is InChI=1S/C32H24B/c1-4-14-29(15-5-1)33(30-16-6-2-7-17-30,31-18-8-3-9-19-31)32-21-20-27-22-25-12-10-11-13-26(25)23-28(27)24-32/h1-24H/q-1. The zero-order chi connectivity index (χ0) is 22.1. The molecule has 0 aliphatic carbocycles. The lowest BCUT2D eigenvalue weighted by molar-refractivity contribution is 1.67. The number of fused-ring (bicyclic) bond motifs is 2. The van der Waals surface area contributed by atoms with Gasteiger partial charge in [0.05, 0.1) is 0 Å². The molecule has 0 saturated heterocycles. The predicted molar refractivity (Wildman–Crippen MR) is 145 cm³/mol. The van der Waals surface area contributed by atoms with E-state index in [1.165, 1.54) is 43.4 Å². The Balaban J connectivity index is 1.72. The molecule has 6 rings (SSSR count). The molecule has 0 fully saturated rings. The summed E-state index contributed by atoms with van der Waals surface area (Å²) in [5.74, 6) is 0. The Morgan fingerprint density at radius 2 is 0.667 bits per heavy atom. The Morgan fingerprint density at radius 3 is 1.15 bits per heavy atom. The molecule has 0 atom stereocenters. The summed E-state index contributed by atoms with van der Waals surface area (Å²) in [6.45, 7) is 0. The minimum absolute atomic E-state index is 1.27. The van der Waals surface area contributed by atoms with Crippen LogP contribution in [0.1, 0.15) is 0 Å². The summed E-state index contributed by atoms with van der Waals surface area (Å²) in [6, 6.07) is 53.2. The van der Waals surface area contributed by atoms with Gasteiger partial charge in [-0.3, -0.25) is 0 Å². The molecular weight excluding hydrogens is 395 g/mol. The zero-order valence-corrected chi connectivity index (χ0v) is 18.4. The van der Waals surface area contributed by atoms with Crippen LogP contribution in [0.4, 0.5) is 0 Å². The highest BCUT2D eigenvalue weighted by Crippen LogP contribution is 2.23. The monoisotopic (exact) mass is 419 g/mol. The minimum Gasteiger partial charge on any atom is -0.195 e. The molecule has 0 aliphatic rings. The largest absolute Gasteiger partial charge is 0.195 e. The summed E-state index contributed by atoms with van der Waals surface area (Å²) < 4.78 is 0. The number of rotatable bonds is 4. The van der Waals surface area contributed by atoms with Crippen LogP contribution in [0.3, 0.4) is 0 Å². The summed E-state index contributed by atoms with van der Waals surface area (Å²) in [7, 11) is 0. The van der Waals surface area contributed by atoms with Crippen LogP contribution < -0.4 is 21.9 Å². The molecule has 0 saturated carbocycles. The SMILES string of the molecule is c1ccc([B-](c2ccccc2)(c2ccccc2)c2ccc3cc4ccccc4cc3c2)cc1. The van der Waals surface area contributed by atoms with Crippen molar-refractivity contribution in [2.24, 2.45) is 0 Å².